The van der Waals surface area contributed by atoms with Gasteiger partial charge in [-0.25, -0.2) is 0 Å². The average Bonchev–Trinajstić information content (AvgIpc) is 2.90. The number of allylic oxidation sites excluding steroid dienone is 2. The summed E-state index contributed by atoms with van der Waals surface area (Å²) >= 11 is 0. The van der Waals surface area contributed by atoms with Gasteiger partial charge in [-0.15, -0.1) is 0 Å². The van der Waals surface area contributed by atoms with Gasteiger partial charge in [0, 0.05) is 0 Å². The van der Waals surface area contributed by atoms with Crippen LogP contribution < -0.4 is 0 Å². The summed E-state index contributed by atoms with van der Waals surface area (Å²) in [6.07, 6.45) is 9.84. The molecule has 0 bridgehead atoms. The van der Waals surface area contributed by atoms with Crippen LogP contribution in [0.3, 0.4) is 0 Å². The third-order valence-corrected chi connectivity index (χ3v) is 6.71. The second-order valence-corrected chi connectivity index (χ2v) is 9.33. The van der Waals surface area contributed by atoms with Crippen molar-refractivity contribution in [3.8, 4) is 11.1 Å². The van der Waals surface area contributed by atoms with Gasteiger partial charge in [0.25, 0.3) is 0 Å². The summed E-state index contributed by atoms with van der Waals surface area (Å²) in [7, 11) is 0. The molecule has 0 N–H and O–H groups in total. The molecule has 172 valence electrons. The first-order valence-corrected chi connectivity index (χ1v) is 12.6. The van der Waals surface area contributed by atoms with E-state index < -0.39 is 0 Å². The van der Waals surface area contributed by atoms with Crippen LogP contribution in [0.25, 0.3) is 11.1 Å². The monoisotopic (exact) mass is 444 g/mol. The van der Waals surface area contributed by atoms with E-state index in [-0.39, 0.29) is 0 Å². The maximum Gasteiger partial charge on any atom is -0.0150 e. The Morgan fingerprint density at radius 1 is 0.559 bits per heavy atom. The molecule has 0 spiro atoms. The fourth-order valence-corrected chi connectivity index (χ4v) is 4.53. The van der Waals surface area contributed by atoms with E-state index in [4.69, 9.17) is 0 Å². The Hall–Kier alpha value is -3.38. The number of hydrogen-bond donors (Lipinski definition) is 0. The van der Waals surface area contributed by atoms with Gasteiger partial charge >= 0.3 is 0 Å². The topological polar surface area (TPSA) is 0 Å². The summed E-state index contributed by atoms with van der Waals surface area (Å²) in [4.78, 5) is 0. The molecule has 1 atom stereocenters. The summed E-state index contributed by atoms with van der Waals surface area (Å²) in [6, 6.07) is 38.1. The molecular formula is C34H36. The van der Waals surface area contributed by atoms with Gasteiger partial charge < -0.3 is 0 Å². The van der Waals surface area contributed by atoms with E-state index in [0.717, 1.165) is 32.1 Å². The van der Waals surface area contributed by atoms with Gasteiger partial charge in [0.15, 0.2) is 0 Å². The highest BCUT2D eigenvalue weighted by Crippen LogP contribution is 2.24. The molecular weight excluding hydrogens is 408 g/mol. The molecule has 0 saturated carbocycles. The van der Waals surface area contributed by atoms with E-state index in [1.807, 2.05) is 0 Å². The normalized spacial score (nSPS) is 12.2. The summed E-state index contributed by atoms with van der Waals surface area (Å²) in [5, 5.41) is 0. The van der Waals surface area contributed by atoms with E-state index in [2.05, 4.69) is 129 Å². The first-order chi connectivity index (χ1) is 16.7. The van der Waals surface area contributed by atoms with E-state index in [1.165, 1.54) is 38.9 Å². The molecule has 0 nitrogen and oxygen atoms in total. The minimum absolute atomic E-state index is 0.528. The van der Waals surface area contributed by atoms with Crippen LogP contribution in [0.1, 0.15) is 54.0 Å². The lowest BCUT2D eigenvalue weighted by Crippen LogP contribution is -1.98. The van der Waals surface area contributed by atoms with E-state index in [0.29, 0.717) is 5.92 Å². The smallest absolute Gasteiger partial charge is 0.0150 e. The van der Waals surface area contributed by atoms with Crippen LogP contribution >= 0.6 is 0 Å². The summed E-state index contributed by atoms with van der Waals surface area (Å²) < 4.78 is 0. The molecule has 4 aromatic rings. The minimum atomic E-state index is 0.528. The van der Waals surface area contributed by atoms with Crippen molar-refractivity contribution in [2.24, 2.45) is 0 Å². The lowest BCUT2D eigenvalue weighted by molar-refractivity contribution is 0.759. The fraction of sp³-hybridized carbons (Fsp3) is 0.235. The van der Waals surface area contributed by atoms with Gasteiger partial charge in [0.2, 0.25) is 0 Å². The highest BCUT2D eigenvalue weighted by Gasteiger charge is 2.07. The Balaban J connectivity index is 1.30. The Bertz CT molecular complexity index is 1150. The predicted molar refractivity (Wildman–Crippen MR) is 147 cm³/mol. The molecule has 0 aliphatic rings. The molecule has 0 heteroatoms. The maximum absolute atomic E-state index is 2.31. The van der Waals surface area contributed by atoms with Crippen molar-refractivity contribution in [1.29, 1.82) is 0 Å². The van der Waals surface area contributed by atoms with Crippen LogP contribution in [0.5, 0.6) is 0 Å². The summed E-state index contributed by atoms with van der Waals surface area (Å²) in [5.74, 6) is 0.528. The SMILES string of the molecule is C/C=C/CCc1ccc(CCc2ccc(-c3ccc(C[C@@H](C)c4ccccc4)cc3)cc2)cc1. The van der Waals surface area contributed by atoms with E-state index >= 15 is 0 Å². The average molecular weight is 445 g/mol. The van der Waals surface area contributed by atoms with Crippen LogP contribution in [0, 0.1) is 0 Å². The largest absolute Gasteiger partial charge is 0.0917 e. The second kappa shape index (κ2) is 12.2. The van der Waals surface area contributed by atoms with Crippen molar-refractivity contribution < 1.29 is 0 Å². The van der Waals surface area contributed by atoms with Crippen molar-refractivity contribution >= 4 is 0 Å². The zero-order valence-corrected chi connectivity index (χ0v) is 20.6. The van der Waals surface area contributed by atoms with Crippen molar-refractivity contribution in [3.63, 3.8) is 0 Å². The molecule has 34 heavy (non-hydrogen) atoms. The van der Waals surface area contributed by atoms with Gasteiger partial charge in [-0.1, -0.05) is 122 Å². The van der Waals surface area contributed by atoms with Gasteiger partial charge in [0.1, 0.15) is 0 Å². The molecule has 0 aliphatic carbocycles. The van der Waals surface area contributed by atoms with Crippen LogP contribution in [0.15, 0.2) is 115 Å². The molecule has 0 amide bonds. The molecule has 0 heterocycles. The Morgan fingerprint density at radius 3 is 1.56 bits per heavy atom. The second-order valence-electron chi connectivity index (χ2n) is 9.33. The van der Waals surface area contributed by atoms with Gasteiger partial charge in [-0.2, -0.15) is 0 Å². The van der Waals surface area contributed by atoms with Crippen LogP contribution in [-0.2, 0) is 25.7 Å². The van der Waals surface area contributed by atoms with Gasteiger partial charge in [0.05, 0.1) is 0 Å². The van der Waals surface area contributed by atoms with Gasteiger partial charge in [-0.3, -0.25) is 0 Å². The van der Waals surface area contributed by atoms with E-state index in [1.54, 1.807) is 0 Å². The minimum Gasteiger partial charge on any atom is -0.0917 e. The van der Waals surface area contributed by atoms with Crippen molar-refractivity contribution in [3.05, 3.63) is 143 Å². The molecule has 4 aromatic carbocycles. The van der Waals surface area contributed by atoms with Crippen LogP contribution in [-0.4, -0.2) is 0 Å². The zero-order valence-electron chi connectivity index (χ0n) is 20.6. The standard InChI is InChI=1S/C34H36/c1-3-4-6-9-28-12-14-29(15-13-28)16-17-30-18-22-33(23-19-30)34-24-20-31(21-25-34)26-27(2)32-10-7-5-8-11-32/h3-5,7-8,10-15,18-25,27H,6,9,16-17,26H2,1-2H3/b4-3+/t27-/m1/s1. The summed E-state index contributed by atoms with van der Waals surface area (Å²) in [5.41, 5.74) is 9.61. The molecule has 4 rings (SSSR count). The molecule has 0 aromatic heterocycles. The lowest BCUT2D eigenvalue weighted by Gasteiger charge is -2.12. The molecule has 0 radical (unpaired) electrons. The fourth-order valence-electron chi connectivity index (χ4n) is 4.53. The first-order valence-electron chi connectivity index (χ1n) is 12.6. The van der Waals surface area contributed by atoms with Crippen LogP contribution in [0.2, 0.25) is 0 Å². The molecule has 0 aliphatic heterocycles. The maximum atomic E-state index is 2.31. The lowest BCUT2D eigenvalue weighted by atomic mass is 9.92. The highest BCUT2D eigenvalue weighted by atomic mass is 14.1. The van der Waals surface area contributed by atoms with Crippen LogP contribution in [0.4, 0.5) is 0 Å². The number of aryl methyl sites for hydroxylation is 3. The third kappa shape index (κ3) is 6.81. The number of rotatable bonds is 10. The predicted octanol–water partition coefficient (Wildman–Crippen LogP) is 8.99. The Labute approximate surface area is 206 Å². The van der Waals surface area contributed by atoms with Gasteiger partial charge in [-0.05, 0) is 83.9 Å². The zero-order chi connectivity index (χ0) is 23.6. The van der Waals surface area contributed by atoms with Crippen molar-refractivity contribution in [2.75, 3.05) is 0 Å². The first kappa shape index (κ1) is 23.8. The number of benzene rings is 4. The molecule has 0 unspecified atom stereocenters. The third-order valence-electron chi connectivity index (χ3n) is 6.71. The quantitative estimate of drug-likeness (QED) is 0.214. The Kier molecular flexibility index (Phi) is 8.52. The molecule has 0 saturated heterocycles. The van der Waals surface area contributed by atoms with Crippen molar-refractivity contribution in [1.82, 2.24) is 0 Å². The number of hydrogen-bond acceptors (Lipinski definition) is 0. The molecule has 0 fully saturated rings. The Morgan fingerprint density at radius 2 is 1.03 bits per heavy atom. The van der Waals surface area contributed by atoms with Crippen molar-refractivity contribution in [2.45, 2.75) is 51.9 Å². The summed E-state index contributed by atoms with van der Waals surface area (Å²) in [6.45, 7) is 4.39. The van der Waals surface area contributed by atoms with E-state index in [9.17, 15) is 0 Å². The highest BCUT2D eigenvalue weighted by molar-refractivity contribution is 5.64.